The molecule has 0 bridgehead atoms. The number of urea groups is 1. The zero-order valence-corrected chi connectivity index (χ0v) is 13.5. The Bertz CT molecular complexity index is 311. The highest BCUT2D eigenvalue weighted by Gasteiger charge is 2.18. The number of carbonyl (C=O) groups excluding carboxylic acids is 1. The monoisotopic (exact) mass is 287 g/mol. The van der Waals surface area contributed by atoms with Crippen molar-refractivity contribution in [1.29, 1.82) is 0 Å². The number of hydrogen-bond donors (Lipinski definition) is 2. The molecule has 0 aliphatic rings. The van der Waals surface area contributed by atoms with E-state index in [-0.39, 0.29) is 12.6 Å². The van der Waals surface area contributed by atoms with Gasteiger partial charge in [-0.1, -0.05) is 6.92 Å². The van der Waals surface area contributed by atoms with Crippen LogP contribution in [0.5, 0.6) is 0 Å². The highest BCUT2D eigenvalue weighted by molar-refractivity contribution is 5.75. The number of nitrogens with one attached hydrogen (secondary N) is 1. The average molecular weight is 287 g/mol. The third kappa shape index (κ3) is 6.75. The van der Waals surface area contributed by atoms with Gasteiger partial charge in [0.1, 0.15) is 0 Å². The van der Waals surface area contributed by atoms with E-state index in [1.165, 1.54) is 4.90 Å². The number of nitrogens with zero attached hydrogens (tertiary/aromatic N) is 2. The van der Waals surface area contributed by atoms with Crippen molar-refractivity contribution >= 4 is 12.0 Å². The molecule has 0 spiro atoms. The van der Waals surface area contributed by atoms with Crippen molar-refractivity contribution in [3.8, 4) is 0 Å². The molecule has 118 valence electrons. The predicted molar refractivity (Wildman–Crippen MR) is 79.8 cm³/mol. The summed E-state index contributed by atoms with van der Waals surface area (Å²) in [5.41, 5.74) is 0. The largest absolute Gasteiger partial charge is 0.481 e. The Morgan fingerprint density at radius 2 is 1.60 bits per heavy atom. The quantitative estimate of drug-likeness (QED) is 0.709. The zero-order chi connectivity index (χ0) is 15.9. The third-order valence-electron chi connectivity index (χ3n) is 3.29. The molecule has 0 heterocycles. The third-order valence-corrected chi connectivity index (χ3v) is 3.29. The number of hydrogen-bond acceptors (Lipinski definition) is 3. The van der Waals surface area contributed by atoms with Gasteiger partial charge in [-0.3, -0.25) is 9.69 Å². The summed E-state index contributed by atoms with van der Waals surface area (Å²) in [4.78, 5) is 26.3. The molecule has 1 atom stereocenters. The van der Waals surface area contributed by atoms with Gasteiger partial charge in [-0.15, -0.1) is 0 Å². The van der Waals surface area contributed by atoms with E-state index in [0.29, 0.717) is 18.6 Å². The molecule has 0 rings (SSSR count). The summed E-state index contributed by atoms with van der Waals surface area (Å²) in [6.45, 7) is 11.6. The Kier molecular flexibility index (Phi) is 8.22. The topological polar surface area (TPSA) is 72.9 Å². The molecule has 0 saturated carbocycles. The van der Waals surface area contributed by atoms with Crippen molar-refractivity contribution in [2.45, 2.75) is 46.7 Å². The molecule has 0 fully saturated rings. The van der Waals surface area contributed by atoms with Crippen LogP contribution in [0.15, 0.2) is 0 Å². The van der Waals surface area contributed by atoms with Gasteiger partial charge >= 0.3 is 12.0 Å². The molecule has 1 unspecified atom stereocenters. The van der Waals surface area contributed by atoms with Gasteiger partial charge < -0.3 is 15.3 Å². The highest BCUT2D eigenvalue weighted by Crippen LogP contribution is 2.03. The highest BCUT2D eigenvalue weighted by atomic mass is 16.4. The second-order valence-corrected chi connectivity index (χ2v) is 5.78. The minimum Gasteiger partial charge on any atom is -0.481 e. The van der Waals surface area contributed by atoms with Gasteiger partial charge in [0.05, 0.1) is 5.92 Å². The summed E-state index contributed by atoms with van der Waals surface area (Å²) in [5.74, 6) is -1.45. The first kappa shape index (κ1) is 18.7. The van der Waals surface area contributed by atoms with E-state index in [9.17, 15) is 9.59 Å². The Balaban J connectivity index is 4.12. The van der Waals surface area contributed by atoms with E-state index in [1.54, 1.807) is 14.0 Å². The van der Waals surface area contributed by atoms with Crippen LogP contribution < -0.4 is 5.32 Å². The van der Waals surface area contributed by atoms with Crippen LogP contribution in [-0.4, -0.2) is 65.7 Å². The minimum atomic E-state index is -0.893. The van der Waals surface area contributed by atoms with Crippen LogP contribution in [0, 0.1) is 5.92 Å². The van der Waals surface area contributed by atoms with Gasteiger partial charge in [0.25, 0.3) is 0 Å². The average Bonchev–Trinajstić information content (AvgIpc) is 2.32. The van der Waals surface area contributed by atoms with Gasteiger partial charge in [0, 0.05) is 38.8 Å². The van der Waals surface area contributed by atoms with Crippen LogP contribution in [0.25, 0.3) is 0 Å². The van der Waals surface area contributed by atoms with Crippen LogP contribution in [-0.2, 0) is 4.79 Å². The lowest BCUT2D eigenvalue weighted by Gasteiger charge is -2.30. The fraction of sp³-hybridized carbons (Fsp3) is 0.857. The number of carboxylic acids is 1. The molecule has 0 aromatic heterocycles. The van der Waals surface area contributed by atoms with Gasteiger partial charge in [-0.05, 0) is 27.7 Å². The van der Waals surface area contributed by atoms with Crippen molar-refractivity contribution in [3.05, 3.63) is 0 Å². The molecule has 0 aliphatic carbocycles. The number of aliphatic carboxylic acids is 1. The summed E-state index contributed by atoms with van der Waals surface area (Å²) in [6, 6.07) is 0.624. The molecule has 0 aliphatic heterocycles. The lowest BCUT2D eigenvalue weighted by molar-refractivity contribution is -0.141. The lowest BCUT2D eigenvalue weighted by Crippen LogP contribution is -2.46. The molecule has 0 aromatic rings. The summed E-state index contributed by atoms with van der Waals surface area (Å²) >= 11 is 0. The van der Waals surface area contributed by atoms with Crippen LogP contribution in [0.2, 0.25) is 0 Å². The van der Waals surface area contributed by atoms with Crippen molar-refractivity contribution in [3.63, 3.8) is 0 Å². The molecule has 6 heteroatoms. The summed E-state index contributed by atoms with van der Waals surface area (Å²) in [7, 11) is 1.61. The molecular formula is C14H29N3O3. The van der Waals surface area contributed by atoms with Crippen LogP contribution in [0.4, 0.5) is 4.79 Å². The van der Waals surface area contributed by atoms with E-state index in [2.05, 4.69) is 37.9 Å². The molecule has 2 N–H and O–H groups in total. The molecule has 0 saturated heterocycles. The summed E-state index contributed by atoms with van der Waals surface area (Å²) < 4.78 is 0. The van der Waals surface area contributed by atoms with E-state index in [4.69, 9.17) is 5.11 Å². The minimum absolute atomic E-state index is 0.208. The number of carbonyl (C=O) groups is 2. The molecule has 20 heavy (non-hydrogen) atoms. The summed E-state index contributed by atoms with van der Waals surface area (Å²) in [6.07, 6.45) is 0. The maximum Gasteiger partial charge on any atom is 0.317 e. The van der Waals surface area contributed by atoms with Crippen LogP contribution in [0.1, 0.15) is 34.6 Å². The van der Waals surface area contributed by atoms with Gasteiger partial charge in [-0.25, -0.2) is 4.79 Å². The number of carboxylic acid groups (broad SMARTS) is 1. The van der Waals surface area contributed by atoms with Crippen molar-refractivity contribution in [2.24, 2.45) is 5.92 Å². The first-order valence-corrected chi connectivity index (χ1v) is 7.14. The maximum atomic E-state index is 11.8. The number of rotatable bonds is 8. The standard InChI is InChI=1S/C14H29N3O3/c1-10(2)17(11(3)4)8-7-15-14(20)16(6)9-12(5)13(18)19/h10-12H,7-9H2,1-6H3,(H,15,20)(H,18,19). The fourth-order valence-corrected chi connectivity index (χ4v) is 2.11. The van der Waals surface area contributed by atoms with Gasteiger partial charge in [0.15, 0.2) is 0 Å². The molecule has 6 nitrogen and oxygen atoms in total. The first-order chi connectivity index (χ1) is 9.16. The van der Waals surface area contributed by atoms with Crippen LogP contribution in [0.3, 0.4) is 0 Å². The number of amides is 2. The van der Waals surface area contributed by atoms with Crippen molar-refractivity contribution < 1.29 is 14.7 Å². The molecule has 0 aromatic carbocycles. The normalized spacial score (nSPS) is 12.8. The van der Waals surface area contributed by atoms with Crippen molar-refractivity contribution in [2.75, 3.05) is 26.7 Å². The smallest absolute Gasteiger partial charge is 0.317 e. The maximum absolute atomic E-state index is 11.8. The molecule has 0 radical (unpaired) electrons. The SMILES string of the molecule is CC(CN(C)C(=O)NCCN(C(C)C)C(C)C)C(=O)O. The van der Waals surface area contributed by atoms with E-state index < -0.39 is 11.9 Å². The predicted octanol–water partition coefficient (Wildman–Crippen LogP) is 1.47. The first-order valence-electron chi connectivity index (χ1n) is 7.14. The Hall–Kier alpha value is -1.30. The van der Waals surface area contributed by atoms with E-state index >= 15 is 0 Å². The van der Waals surface area contributed by atoms with E-state index in [0.717, 1.165) is 6.54 Å². The van der Waals surface area contributed by atoms with Crippen LogP contribution >= 0.6 is 0 Å². The Labute approximate surface area is 122 Å². The zero-order valence-electron chi connectivity index (χ0n) is 13.5. The van der Waals surface area contributed by atoms with Gasteiger partial charge in [-0.2, -0.15) is 0 Å². The molecular weight excluding hydrogens is 258 g/mol. The Morgan fingerprint density at radius 3 is 2.00 bits per heavy atom. The fourth-order valence-electron chi connectivity index (χ4n) is 2.11. The van der Waals surface area contributed by atoms with Gasteiger partial charge in [0.2, 0.25) is 0 Å². The summed E-state index contributed by atoms with van der Waals surface area (Å²) in [5, 5.41) is 11.6. The second kappa shape index (κ2) is 8.79. The Morgan fingerprint density at radius 1 is 1.10 bits per heavy atom. The van der Waals surface area contributed by atoms with Crippen molar-refractivity contribution in [1.82, 2.24) is 15.1 Å². The lowest BCUT2D eigenvalue weighted by atomic mass is 10.2. The molecule has 2 amide bonds. The van der Waals surface area contributed by atoms with E-state index in [1.807, 2.05) is 0 Å². The second-order valence-electron chi connectivity index (χ2n) is 5.78.